The van der Waals surface area contributed by atoms with E-state index in [1.807, 2.05) is 6.92 Å². The minimum atomic E-state index is -2.07. The van der Waals surface area contributed by atoms with Crippen LogP contribution < -0.4 is 9.47 Å². The molecule has 1 spiro atoms. The van der Waals surface area contributed by atoms with E-state index in [2.05, 4.69) is 30.0 Å². The predicted octanol–water partition coefficient (Wildman–Crippen LogP) is 6.12. The summed E-state index contributed by atoms with van der Waals surface area (Å²) >= 11 is 0. The fourth-order valence-corrected chi connectivity index (χ4v) is 8.04. The third-order valence-corrected chi connectivity index (χ3v) is 10.4. The zero-order valence-corrected chi connectivity index (χ0v) is 28.4. The van der Waals surface area contributed by atoms with Gasteiger partial charge < -0.3 is 29.2 Å². The number of aliphatic hydroxyl groups is 2. The van der Waals surface area contributed by atoms with Gasteiger partial charge in [-0.1, -0.05) is 51.5 Å². The highest BCUT2D eigenvalue weighted by atomic mass is 16.7. The topological polar surface area (TPSA) is 115 Å². The third-order valence-electron chi connectivity index (χ3n) is 10.4. The molecule has 0 aromatic heterocycles. The van der Waals surface area contributed by atoms with Gasteiger partial charge in [0.05, 0.1) is 24.2 Å². The van der Waals surface area contributed by atoms with Gasteiger partial charge in [0.2, 0.25) is 6.79 Å². The molecule has 0 radical (unpaired) electrons. The van der Waals surface area contributed by atoms with Crippen LogP contribution in [0, 0.1) is 0 Å². The largest absolute Gasteiger partial charge is 0.466 e. The Morgan fingerprint density at radius 2 is 1.72 bits per heavy atom. The molecule has 46 heavy (non-hydrogen) atoms. The van der Waals surface area contributed by atoms with Gasteiger partial charge in [-0.05, 0) is 101 Å². The van der Waals surface area contributed by atoms with E-state index in [1.165, 1.54) is 25.7 Å². The summed E-state index contributed by atoms with van der Waals surface area (Å²) in [5, 5.41) is 22.2. The third kappa shape index (κ3) is 7.74. The maximum Gasteiger partial charge on any atom is 0.339 e. The van der Waals surface area contributed by atoms with Crippen molar-refractivity contribution in [2.24, 2.45) is 0 Å². The maximum absolute atomic E-state index is 14.1. The van der Waals surface area contributed by atoms with Crippen LogP contribution in [-0.4, -0.2) is 76.4 Å². The number of benzene rings is 1. The fourth-order valence-electron chi connectivity index (χ4n) is 8.04. The van der Waals surface area contributed by atoms with Gasteiger partial charge in [-0.25, -0.2) is 4.79 Å². The molecule has 4 atom stereocenters. The molecule has 2 N–H and O–H groups in total. The monoisotopic (exact) mass is 641 g/mol. The van der Waals surface area contributed by atoms with Gasteiger partial charge in [-0.3, -0.25) is 9.69 Å². The number of unbranched alkanes of at least 4 members (excludes halogenated alkanes) is 6. The van der Waals surface area contributed by atoms with Crippen LogP contribution in [0.4, 0.5) is 0 Å². The Bertz CT molecular complexity index is 1270. The van der Waals surface area contributed by atoms with Crippen LogP contribution in [0.25, 0.3) is 0 Å². The average molecular weight is 642 g/mol. The average Bonchev–Trinajstić information content (AvgIpc) is 3.67. The van der Waals surface area contributed by atoms with Crippen LogP contribution >= 0.6 is 0 Å². The van der Waals surface area contributed by atoms with Gasteiger partial charge in [0.25, 0.3) is 0 Å². The van der Waals surface area contributed by atoms with Crippen molar-refractivity contribution < 1.29 is 38.7 Å². The Balaban J connectivity index is 1.32. The molecular formula is C37H55NO8. The van der Waals surface area contributed by atoms with Crippen LogP contribution in [0.3, 0.4) is 0 Å². The summed E-state index contributed by atoms with van der Waals surface area (Å²) in [6.45, 7) is 9.87. The molecule has 0 saturated carbocycles. The molecule has 9 nitrogen and oxygen atoms in total. The molecule has 1 aliphatic carbocycles. The molecule has 1 saturated heterocycles. The van der Waals surface area contributed by atoms with E-state index in [1.54, 1.807) is 13.8 Å². The molecule has 3 aliphatic heterocycles. The Morgan fingerprint density at radius 3 is 2.46 bits per heavy atom. The van der Waals surface area contributed by atoms with Crippen molar-refractivity contribution in [3.05, 3.63) is 34.9 Å². The van der Waals surface area contributed by atoms with Crippen molar-refractivity contribution in [3.63, 3.8) is 0 Å². The van der Waals surface area contributed by atoms with Gasteiger partial charge in [0, 0.05) is 12.5 Å². The summed E-state index contributed by atoms with van der Waals surface area (Å²) < 4.78 is 23.3. The number of fused-ring (bicyclic) bond motifs is 3. The second-order valence-electron chi connectivity index (χ2n) is 14.6. The molecule has 2 unspecified atom stereocenters. The molecule has 1 aromatic carbocycles. The van der Waals surface area contributed by atoms with E-state index >= 15 is 0 Å². The smallest absolute Gasteiger partial charge is 0.339 e. The number of ether oxygens (including phenoxy) is 4. The lowest BCUT2D eigenvalue weighted by Gasteiger charge is -2.40. The minimum absolute atomic E-state index is 0.0188. The number of esters is 2. The first-order valence-electron chi connectivity index (χ1n) is 17.6. The van der Waals surface area contributed by atoms with Gasteiger partial charge in [-0.15, -0.1) is 0 Å². The number of carbonyl (C=O) groups is 2. The summed E-state index contributed by atoms with van der Waals surface area (Å²) in [7, 11) is 0. The Kier molecular flexibility index (Phi) is 11.1. The first-order chi connectivity index (χ1) is 22.0. The van der Waals surface area contributed by atoms with Crippen molar-refractivity contribution in [2.75, 3.05) is 26.5 Å². The molecule has 0 bridgehead atoms. The zero-order valence-electron chi connectivity index (χ0n) is 28.4. The first kappa shape index (κ1) is 34.7. The Hall–Kier alpha value is -2.62. The van der Waals surface area contributed by atoms with Crippen molar-refractivity contribution >= 4 is 11.9 Å². The lowest BCUT2D eigenvalue weighted by Crippen LogP contribution is -2.49. The number of hydrogen-bond acceptors (Lipinski definition) is 9. The maximum atomic E-state index is 14.1. The number of carbonyl (C=O) groups excluding carboxylic acids is 2. The second kappa shape index (κ2) is 14.7. The lowest BCUT2D eigenvalue weighted by atomic mass is 9.77. The Labute approximate surface area is 274 Å². The first-order valence-corrected chi connectivity index (χ1v) is 17.6. The molecule has 1 fully saturated rings. The lowest BCUT2D eigenvalue weighted by molar-refractivity contribution is -0.178. The normalized spacial score (nSPS) is 24.8. The van der Waals surface area contributed by atoms with E-state index < -0.39 is 35.7 Å². The predicted molar refractivity (Wildman–Crippen MR) is 175 cm³/mol. The van der Waals surface area contributed by atoms with E-state index in [0.717, 1.165) is 74.1 Å². The highest BCUT2D eigenvalue weighted by Gasteiger charge is 2.57. The fraction of sp³-hybridized carbons (Fsp3) is 0.730. The summed E-state index contributed by atoms with van der Waals surface area (Å²) in [4.78, 5) is 29.6. The SMILES string of the molecule is CCCCCCCCCOC(=O)CC(O)(CCCC(C)(C)O)C(=O)OC1C(C)=C[C@]23CCCN2CCc2cc4c(cc2[C@H]13)OCO4. The highest BCUT2D eigenvalue weighted by molar-refractivity contribution is 5.86. The van der Waals surface area contributed by atoms with Gasteiger partial charge >= 0.3 is 11.9 Å². The van der Waals surface area contributed by atoms with Gasteiger partial charge in [0.1, 0.15) is 6.10 Å². The van der Waals surface area contributed by atoms with Gasteiger partial charge in [0.15, 0.2) is 17.1 Å². The highest BCUT2D eigenvalue weighted by Crippen LogP contribution is 2.55. The quantitative estimate of drug-likeness (QED) is 0.125. The minimum Gasteiger partial charge on any atom is -0.466 e. The number of nitrogens with zero attached hydrogens (tertiary/aromatic N) is 1. The number of rotatable bonds is 16. The van der Waals surface area contributed by atoms with Crippen LogP contribution in [0.1, 0.15) is 128 Å². The molecule has 3 heterocycles. The van der Waals surface area contributed by atoms with Crippen molar-refractivity contribution in [2.45, 2.75) is 146 Å². The molecular weight excluding hydrogens is 586 g/mol. The van der Waals surface area contributed by atoms with Crippen LogP contribution in [0.5, 0.6) is 11.5 Å². The molecule has 5 rings (SSSR count). The van der Waals surface area contributed by atoms with Gasteiger partial charge in [-0.2, -0.15) is 0 Å². The standard InChI is InChI=1S/C37H55NO8/c1-5-6-7-8-9-10-11-20-43-31(39)24-37(42,17-12-15-35(3,4)41)34(40)46-33-26(2)23-36-16-13-18-38(36)19-14-27-21-29-30(45-25-44-29)22-28(27)32(33)36/h21-23,32-33,41-42H,5-20,24-25H2,1-4H3/t32-,33?,36+,37?/m1/s1. The van der Waals surface area contributed by atoms with E-state index in [-0.39, 0.29) is 31.3 Å². The molecule has 0 amide bonds. The summed E-state index contributed by atoms with van der Waals surface area (Å²) in [5.74, 6) is -0.180. The van der Waals surface area contributed by atoms with E-state index in [9.17, 15) is 19.8 Å². The summed E-state index contributed by atoms with van der Waals surface area (Å²) in [6.07, 6.45) is 12.4. The Morgan fingerprint density at radius 1 is 1.00 bits per heavy atom. The second-order valence-corrected chi connectivity index (χ2v) is 14.6. The zero-order chi connectivity index (χ0) is 33.0. The van der Waals surface area contributed by atoms with Crippen LogP contribution in [-0.2, 0) is 25.5 Å². The van der Waals surface area contributed by atoms with Crippen molar-refractivity contribution in [1.29, 1.82) is 0 Å². The summed E-state index contributed by atoms with van der Waals surface area (Å²) in [5.41, 5.74) is -0.169. The van der Waals surface area contributed by atoms with Crippen LogP contribution in [0.15, 0.2) is 23.8 Å². The van der Waals surface area contributed by atoms with Crippen molar-refractivity contribution in [3.8, 4) is 11.5 Å². The molecule has 1 aromatic rings. The molecule has 4 aliphatic rings. The summed E-state index contributed by atoms with van der Waals surface area (Å²) in [6, 6.07) is 4.12. The van der Waals surface area contributed by atoms with Crippen molar-refractivity contribution in [1.82, 2.24) is 4.90 Å². The molecule has 256 valence electrons. The number of hydrogen-bond donors (Lipinski definition) is 2. The molecule has 9 heteroatoms. The van der Waals surface area contributed by atoms with E-state index in [0.29, 0.717) is 18.6 Å². The van der Waals surface area contributed by atoms with Crippen LogP contribution in [0.2, 0.25) is 0 Å². The van der Waals surface area contributed by atoms with E-state index in [4.69, 9.17) is 18.9 Å².